The van der Waals surface area contributed by atoms with Crippen LogP contribution >= 0.6 is 0 Å². The van der Waals surface area contributed by atoms with E-state index in [9.17, 15) is 12.8 Å². The first-order valence-corrected chi connectivity index (χ1v) is 14.7. The molecule has 41 heavy (non-hydrogen) atoms. The zero-order valence-corrected chi connectivity index (χ0v) is 23.9. The van der Waals surface area contributed by atoms with Crippen LogP contribution in [0.15, 0.2) is 60.9 Å². The van der Waals surface area contributed by atoms with Crippen LogP contribution in [0.25, 0.3) is 11.4 Å². The van der Waals surface area contributed by atoms with E-state index in [2.05, 4.69) is 24.9 Å². The highest BCUT2D eigenvalue weighted by molar-refractivity contribution is 7.93. The largest absolute Gasteiger partial charge is 0.491 e. The molecule has 0 amide bonds. The van der Waals surface area contributed by atoms with Crippen molar-refractivity contribution >= 4 is 16.0 Å². The van der Waals surface area contributed by atoms with E-state index in [1.54, 1.807) is 23.0 Å². The highest BCUT2D eigenvalue weighted by Crippen LogP contribution is 2.36. The van der Waals surface area contributed by atoms with E-state index in [0.29, 0.717) is 22.9 Å². The van der Waals surface area contributed by atoms with Gasteiger partial charge in [0.15, 0.2) is 11.6 Å². The molecule has 2 aromatic carbocycles. The number of para-hydroxylation sites is 1. The normalized spacial score (nSPS) is 16.2. The van der Waals surface area contributed by atoms with Crippen molar-refractivity contribution in [1.82, 2.24) is 24.7 Å². The highest BCUT2D eigenvalue weighted by Gasteiger charge is 2.37. The summed E-state index contributed by atoms with van der Waals surface area (Å²) < 4.78 is 63.2. The number of nitrogens with one attached hydrogen (secondary N) is 1. The Bertz CT molecular complexity index is 1600. The molecule has 13 heteroatoms. The number of hydrogen-bond acceptors (Lipinski definition) is 9. The average Bonchev–Trinajstić information content (AvgIpc) is 3.27. The maximum absolute atomic E-state index is 13.8. The van der Waals surface area contributed by atoms with E-state index in [0.717, 1.165) is 5.56 Å². The van der Waals surface area contributed by atoms with Crippen LogP contribution in [0.1, 0.15) is 44.3 Å². The van der Waals surface area contributed by atoms with Crippen molar-refractivity contribution in [2.45, 2.75) is 51.2 Å². The molecule has 0 radical (unpaired) electrons. The van der Waals surface area contributed by atoms with Gasteiger partial charge in [-0.15, -0.1) is 10.2 Å². The van der Waals surface area contributed by atoms with Crippen molar-refractivity contribution in [1.29, 1.82) is 0 Å². The zero-order chi connectivity index (χ0) is 29.1. The van der Waals surface area contributed by atoms with Gasteiger partial charge in [0.1, 0.15) is 47.9 Å². The molecule has 1 aliphatic rings. The molecule has 5 rings (SSSR count). The molecular weight excluding hydrogens is 551 g/mol. The molecule has 0 bridgehead atoms. The zero-order valence-electron chi connectivity index (χ0n) is 23.1. The Balaban J connectivity index is 1.48. The van der Waals surface area contributed by atoms with Gasteiger partial charge in [-0.25, -0.2) is 22.8 Å². The maximum Gasteiger partial charge on any atom is 0.240 e. The molecule has 0 saturated carbocycles. The summed E-state index contributed by atoms with van der Waals surface area (Å²) in [5, 5.41) is 7.45. The number of nitrogens with zero attached hydrogens (tertiary/aromatic N) is 5. The summed E-state index contributed by atoms with van der Waals surface area (Å²) in [5.74, 6) is 1.31. The minimum Gasteiger partial charge on any atom is -0.491 e. The molecule has 0 saturated heterocycles. The number of ether oxygens (including phenoxy) is 3. The van der Waals surface area contributed by atoms with Gasteiger partial charge < -0.3 is 14.2 Å². The third-order valence-electron chi connectivity index (χ3n) is 6.50. The average molecular weight is 583 g/mol. The molecule has 4 aromatic rings. The van der Waals surface area contributed by atoms with Crippen LogP contribution in [0, 0.1) is 12.7 Å². The van der Waals surface area contributed by atoms with Crippen LogP contribution in [0.5, 0.6) is 11.5 Å². The first-order chi connectivity index (χ1) is 19.6. The number of sulfonamides is 1. The van der Waals surface area contributed by atoms with Gasteiger partial charge in [0.25, 0.3) is 0 Å². The molecule has 11 nitrogen and oxygen atoms in total. The van der Waals surface area contributed by atoms with Crippen molar-refractivity contribution in [3.05, 3.63) is 78.1 Å². The molecule has 3 atom stereocenters. The summed E-state index contributed by atoms with van der Waals surface area (Å²) in [6, 6.07) is 12.4. The standard InChI is InChI=1S/C28H31FN6O5S/c1-17(2)40-25(26-30-13-18(3)14-31-26)19(4)41(36,37)34-28-33-32-27-23-7-5-6-8-24(23)39-16-21(35(27)28)15-38-22-11-9-20(29)10-12-22/h5-14,17,19,21,25H,15-16H2,1-4H3,(H,33,34)/t19?,21-,25?/m0/s1. The summed E-state index contributed by atoms with van der Waals surface area (Å²) >= 11 is 0. The van der Waals surface area contributed by atoms with Crippen LogP contribution < -0.4 is 14.2 Å². The number of benzene rings is 2. The Hall–Kier alpha value is -4.10. The van der Waals surface area contributed by atoms with Gasteiger partial charge in [0.2, 0.25) is 16.0 Å². The predicted molar refractivity (Wildman–Crippen MR) is 150 cm³/mol. The molecule has 0 aliphatic carbocycles. The van der Waals surface area contributed by atoms with Crippen molar-refractivity contribution in [3.8, 4) is 22.9 Å². The topological polar surface area (TPSA) is 130 Å². The maximum atomic E-state index is 13.8. The van der Waals surface area contributed by atoms with Crippen LogP contribution in [0.3, 0.4) is 0 Å². The van der Waals surface area contributed by atoms with Crippen molar-refractivity contribution in [2.24, 2.45) is 0 Å². The Labute approximate surface area is 237 Å². The van der Waals surface area contributed by atoms with Gasteiger partial charge >= 0.3 is 0 Å². The molecule has 0 fully saturated rings. The SMILES string of the molecule is Cc1cnc(C(OC(C)C)C(C)S(=O)(=O)Nc2nnc3n2[C@@H](COc2ccc(F)cc2)COc2ccccc2-3)nc1. The van der Waals surface area contributed by atoms with Crippen LogP contribution in [0.4, 0.5) is 10.3 Å². The minimum atomic E-state index is -4.11. The molecular formula is C28H31FN6O5S. The lowest BCUT2D eigenvalue weighted by Gasteiger charge is -2.26. The Kier molecular flexibility index (Phi) is 8.18. The van der Waals surface area contributed by atoms with E-state index < -0.39 is 27.4 Å². The summed E-state index contributed by atoms with van der Waals surface area (Å²) in [7, 11) is -4.11. The molecule has 2 unspecified atom stereocenters. The fraction of sp³-hybridized carbons (Fsp3) is 0.357. The highest BCUT2D eigenvalue weighted by atomic mass is 32.2. The molecule has 216 valence electrons. The van der Waals surface area contributed by atoms with Gasteiger partial charge in [-0.1, -0.05) is 12.1 Å². The Morgan fingerprint density at radius 3 is 2.49 bits per heavy atom. The molecule has 2 aromatic heterocycles. The summed E-state index contributed by atoms with van der Waals surface area (Å²) in [6.07, 6.45) is 2.01. The second kappa shape index (κ2) is 11.8. The number of rotatable bonds is 10. The molecule has 0 spiro atoms. The first-order valence-electron chi connectivity index (χ1n) is 13.1. The Morgan fingerprint density at radius 2 is 1.78 bits per heavy atom. The van der Waals surface area contributed by atoms with Crippen molar-refractivity contribution in [2.75, 3.05) is 17.9 Å². The molecule has 3 heterocycles. The fourth-order valence-electron chi connectivity index (χ4n) is 4.38. The van der Waals surface area contributed by atoms with E-state index in [4.69, 9.17) is 14.2 Å². The molecule has 1 N–H and O–H groups in total. The van der Waals surface area contributed by atoms with Gasteiger partial charge in [-0.05, 0) is 69.7 Å². The first kappa shape index (κ1) is 28.4. The van der Waals surface area contributed by atoms with Crippen molar-refractivity contribution in [3.63, 3.8) is 0 Å². The lowest BCUT2D eigenvalue weighted by atomic mass is 10.2. The van der Waals surface area contributed by atoms with Gasteiger partial charge in [0.05, 0.1) is 11.7 Å². The smallest absolute Gasteiger partial charge is 0.240 e. The number of hydrogen-bond donors (Lipinski definition) is 1. The van der Waals surface area contributed by atoms with Gasteiger partial charge in [-0.2, -0.15) is 0 Å². The lowest BCUT2D eigenvalue weighted by molar-refractivity contribution is 0.00152. The summed E-state index contributed by atoms with van der Waals surface area (Å²) in [4.78, 5) is 8.65. The summed E-state index contributed by atoms with van der Waals surface area (Å²) in [5.41, 5.74) is 1.49. The van der Waals surface area contributed by atoms with Gasteiger partial charge in [0, 0.05) is 12.4 Å². The van der Waals surface area contributed by atoms with E-state index in [1.807, 2.05) is 39.0 Å². The summed E-state index contributed by atoms with van der Waals surface area (Å²) in [6.45, 7) is 7.23. The predicted octanol–water partition coefficient (Wildman–Crippen LogP) is 4.49. The minimum absolute atomic E-state index is 0.00650. The Morgan fingerprint density at radius 1 is 1.07 bits per heavy atom. The number of aryl methyl sites for hydroxylation is 1. The quantitative estimate of drug-likeness (QED) is 0.287. The van der Waals surface area contributed by atoms with E-state index >= 15 is 0 Å². The second-order valence-corrected chi connectivity index (χ2v) is 12.1. The number of anilines is 1. The fourth-order valence-corrected chi connectivity index (χ4v) is 5.47. The molecule has 1 aliphatic heterocycles. The number of halogens is 1. The second-order valence-electron chi connectivity index (χ2n) is 10.0. The third kappa shape index (κ3) is 6.30. The van der Waals surface area contributed by atoms with E-state index in [1.165, 1.54) is 31.2 Å². The van der Waals surface area contributed by atoms with Crippen molar-refractivity contribution < 1.29 is 27.0 Å². The van der Waals surface area contributed by atoms with E-state index in [-0.39, 0.29) is 36.9 Å². The van der Waals surface area contributed by atoms with Crippen LogP contribution in [-0.4, -0.2) is 57.7 Å². The lowest BCUT2D eigenvalue weighted by Crippen LogP contribution is -2.35. The van der Waals surface area contributed by atoms with Gasteiger partial charge in [-0.3, -0.25) is 9.29 Å². The van der Waals surface area contributed by atoms with Crippen LogP contribution in [0.2, 0.25) is 0 Å². The monoisotopic (exact) mass is 582 g/mol. The number of aromatic nitrogens is 5. The third-order valence-corrected chi connectivity index (χ3v) is 8.19. The van der Waals surface area contributed by atoms with Crippen LogP contribution in [-0.2, 0) is 14.8 Å². The number of fused-ring (bicyclic) bond motifs is 3.